The molecule has 5 heteroatoms. The summed E-state index contributed by atoms with van der Waals surface area (Å²) >= 11 is 5.90. The largest absolute Gasteiger partial charge is 0.365 e. The SMILES string of the molecule is CC(=O)N1N=C(c2ccccc2)C[C@@]1(O)c1ccc(Cl)cc1. The molecule has 22 heavy (non-hydrogen) atoms. The Balaban J connectivity index is 2.02. The summed E-state index contributed by atoms with van der Waals surface area (Å²) in [6.07, 6.45) is 0.234. The Morgan fingerprint density at radius 2 is 1.82 bits per heavy atom. The lowest BCUT2D eigenvalue weighted by atomic mass is 9.95. The summed E-state index contributed by atoms with van der Waals surface area (Å²) in [7, 11) is 0. The molecule has 1 heterocycles. The van der Waals surface area contributed by atoms with E-state index in [9.17, 15) is 9.90 Å². The number of carbonyl (C=O) groups is 1. The van der Waals surface area contributed by atoms with Crippen LogP contribution in [0.4, 0.5) is 0 Å². The zero-order valence-electron chi connectivity index (χ0n) is 12.0. The molecule has 0 saturated carbocycles. The molecular formula is C17H15ClN2O2. The summed E-state index contributed by atoms with van der Waals surface area (Å²) in [6, 6.07) is 16.3. The van der Waals surface area contributed by atoms with Crippen LogP contribution in [0.3, 0.4) is 0 Å². The zero-order chi connectivity index (χ0) is 15.7. The highest BCUT2D eigenvalue weighted by Gasteiger charge is 2.44. The van der Waals surface area contributed by atoms with E-state index in [0.29, 0.717) is 16.3 Å². The number of benzene rings is 2. The molecule has 0 aliphatic carbocycles. The van der Waals surface area contributed by atoms with Crippen molar-refractivity contribution in [3.05, 3.63) is 70.7 Å². The number of rotatable bonds is 2. The second-order valence-corrected chi connectivity index (χ2v) is 5.68. The van der Waals surface area contributed by atoms with E-state index in [4.69, 9.17) is 11.6 Å². The molecule has 4 nitrogen and oxygen atoms in total. The molecule has 0 radical (unpaired) electrons. The third-order valence-electron chi connectivity index (χ3n) is 3.70. The average Bonchev–Trinajstić information content (AvgIpc) is 2.88. The van der Waals surface area contributed by atoms with Crippen molar-refractivity contribution in [2.24, 2.45) is 5.10 Å². The highest BCUT2D eigenvalue weighted by Crippen LogP contribution is 2.37. The first kappa shape index (κ1) is 14.8. The quantitative estimate of drug-likeness (QED) is 0.926. The van der Waals surface area contributed by atoms with Gasteiger partial charge in [-0.2, -0.15) is 10.1 Å². The van der Waals surface area contributed by atoms with Gasteiger partial charge in [0.1, 0.15) is 0 Å². The van der Waals surface area contributed by atoms with Crippen LogP contribution in [0, 0.1) is 0 Å². The van der Waals surface area contributed by atoms with E-state index in [-0.39, 0.29) is 12.3 Å². The average molecular weight is 315 g/mol. The predicted molar refractivity (Wildman–Crippen MR) is 85.5 cm³/mol. The van der Waals surface area contributed by atoms with Crippen LogP contribution in [-0.4, -0.2) is 21.7 Å². The number of hydrogen-bond donors (Lipinski definition) is 1. The first-order chi connectivity index (χ1) is 10.5. The number of hydrazone groups is 1. The van der Waals surface area contributed by atoms with Gasteiger partial charge in [0.25, 0.3) is 0 Å². The maximum absolute atomic E-state index is 11.9. The lowest BCUT2D eigenvalue weighted by molar-refractivity contribution is -0.155. The molecule has 0 spiro atoms. The van der Waals surface area contributed by atoms with Crippen LogP contribution in [0.5, 0.6) is 0 Å². The summed E-state index contributed by atoms with van der Waals surface area (Å²) in [4.78, 5) is 11.9. The maximum atomic E-state index is 11.9. The fourth-order valence-electron chi connectivity index (χ4n) is 2.61. The molecule has 0 saturated heterocycles. The summed E-state index contributed by atoms with van der Waals surface area (Å²) < 4.78 is 0. The third-order valence-corrected chi connectivity index (χ3v) is 3.95. The van der Waals surface area contributed by atoms with E-state index in [0.717, 1.165) is 10.6 Å². The molecule has 1 aliphatic heterocycles. The minimum atomic E-state index is -1.48. The van der Waals surface area contributed by atoms with Crippen LogP contribution in [0.2, 0.25) is 5.02 Å². The molecule has 1 aliphatic rings. The van der Waals surface area contributed by atoms with Crippen molar-refractivity contribution < 1.29 is 9.90 Å². The van der Waals surface area contributed by atoms with Crippen molar-refractivity contribution >= 4 is 23.2 Å². The lowest BCUT2D eigenvalue weighted by Crippen LogP contribution is -2.42. The van der Waals surface area contributed by atoms with Crippen molar-refractivity contribution in [2.45, 2.75) is 19.1 Å². The molecule has 0 aromatic heterocycles. The van der Waals surface area contributed by atoms with Crippen LogP contribution >= 0.6 is 11.6 Å². The normalized spacial score (nSPS) is 20.9. The number of carbonyl (C=O) groups excluding carboxylic acids is 1. The van der Waals surface area contributed by atoms with Crippen molar-refractivity contribution in [3.8, 4) is 0 Å². The first-order valence-electron chi connectivity index (χ1n) is 6.93. The van der Waals surface area contributed by atoms with E-state index in [1.807, 2.05) is 30.3 Å². The summed E-state index contributed by atoms with van der Waals surface area (Å²) in [5.41, 5.74) is 0.662. The van der Waals surface area contributed by atoms with Crippen molar-refractivity contribution in [1.82, 2.24) is 5.01 Å². The molecule has 2 aromatic carbocycles. The molecule has 2 aromatic rings. The molecule has 112 valence electrons. The minimum absolute atomic E-state index is 0.234. The minimum Gasteiger partial charge on any atom is -0.365 e. The van der Waals surface area contributed by atoms with E-state index in [2.05, 4.69) is 5.10 Å². The number of halogens is 1. The Hall–Kier alpha value is -2.17. The smallest absolute Gasteiger partial charge is 0.242 e. The van der Waals surface area contributed by atoms with Crippen molar-refractivity contribution in [2.75, 3.05) is 0 Å². The number of hydrogen-bond acceptors (Lipinski definition) is 3. The molecule has 3 rings (SSSR count). The van der Waals surface area contributed by atoms with Gasteiger partial charge in [-0.15, -0.1) is 0 Å². The predicted octanol–water partition coefficient (Wildman–Crippen LogP) is 3.14. The van der Waals surface area contributed by atoms with Gasteiger partial charge in [-0.05, 0) is 17.7 Å². The Labute approximate surface area is 133 Å². The molecule has 1 N–H and O–H groups in total. The Morgan fingerprint density at radius 3 is 2.41 bits per heavy atom. The van der Waals surface area contributed by atoms with Gasteiger partial charge in [0, 0.05) is 23.9 Å². The molecule has 1 amide bonds. The fourth-order valence-corrected chi connectivity index (χ4v) is 2.74. The molecular weight excluding hydrogens is 300 g/mol. The highest BCUT2D eigenvalue weighted by molar-refractivity contribution is 6.30. The topological polar surface area (TPSA) is 52.9 Å². The van der Waals surface area contributed by atoms with Crippen LogP contribution in [0.25, 0.3) is 0 Å². The Morgan fingerprint density at radius 1 is 1.18 bits per heavy atom. The Kier molecular flexibility index (Phi) is 3.72. The number of nitrogens with zero attached hydrogens (tertiary/aromatic N) is 2. The summed E-state index contributed by atoms with van der Waals surface area (Å²) in [5.74, 6) is -0.316. The van der Waals surface area contributed by atoms with E-state index >= 15 is 0 Å². The monoisotopic (exact) mass is 314 g/mol. The fraction of sp³-hybridized carbons (Fsp3) is 0.176. The third kappa shape index (κ3) is 2.51. The van der Waals surface area contributed by atoms with Crippen LogP contribution in [0.1, 0.15) is 24.5 Å². The zero-order valence-corrected chi connectivity index (χ0v) is 12.8. The molecule has 0 bridgehead atoms. The van der Waals surface area contributed by atoms with Gasteiger partial charge in [-0.25, -0.2) is 0 Å². The van der Waals surface area contributed by atoms with Gasteiger partial charge in [0.05, 0.1) is 5.71 Å². The van der Waals surface area contributed by atoms with Crippen molar-refractivity contribution in [1.29, 1.82) is 0 Å². The maximum Gasteiger partial charge on any atom is 0.242 e. The van der Waals surface area contributed by atoms with E-state index in [1.165, 1.54) is 6.92 Å². The first-order valence-corrected chi connectivity index (χ1v) is 7.30. The lowest BCUT2D eigenvalue weighted by Gasteiger charge is -2.30. The number of aliphatic hydroxyl groups is 1. The Bertz CT molecular complexity index is 728. The standard InChI is InChI=1S/C17H15ClN2O2/c1-12(21)20-17(22,14-7-9-15(18)10-8-14)11-16(19-20)13-5-3-2-4-6-13/h2-10,22H,11H2,1H3/t17-/m1/s1. The summed E-state index contributed by atoms with van der Waals surface area (Å²) in [5, 5.41) is 17.1. The molecule has 1 atom stereocenters. The highest BCUT2D eigenvalue weighted by atomic mass is 35.5. The van der Waals surface area contributed by atoms with Crippen LogP contribution in [0.15, 0.2) is 59.7 Å². The second kappa shape index (κ2) is 5.55. The van der Waals surface area contributed by atoms with Gasteiger partial charge >= 0.3 is 0 Å². The van der Waals surface area contributed by atoms with Gasteiger partial charge in [-0.1, -0.05) is 54.1 Å². The second-order valence-electron chi connectivity index (χ2n) is 5.24. The van der Waals surface area contributed by atoms with Gasteiger partial charge < -0.3 is 5.11 Å². The van der Waals surface area contributed by atoms with Gasteiger partial charge in [-0.3, -0.25) is 4.79 Å². The van der Waals surface area contributed by atoms with Gasteiger partial charge in [0.15, 0.2) is 5.72 Å². The molecule has 0 unspecified atom stereocenters. The van der Waals surface area contributed by atoms with Crippen molar-refractivity contribution in [3.63, 3.8) is 0 Å². The van der Waals surface area contributed by atoms with E-state index < -0.39 is 5.72 Å². The summed E-state index contributed by atoms with van der Waals surface area (Å²) in [6.45, 7) is 1.39. The van der Waals surface area contributed by atoms with E-state index in [1.54, 1.807) is 24.3 Å². The van der Waals surface area contributed by atoms with Crippen LogP contribution < -0.4 is 0 Å². The van der Waals surface area contributed by atoms with Gasteiger partial charge in [0.2, 0.25) is 5.91 Å². The number of amides is 1. The molecule has 0 fully saturated rings. The van der Waals surface area contributed by atoms with Crippen LogP contribution in [-0.2, 0) is 10.5 Å².